The van der Waals surface area contributed by atoms with Crippen LogP contribution in [0.25, 0.3) is 0 Å². The van der Waals surface area contributed by atoms with Crippen LogP contribution in [0.3, 0.4) is 0 Å². The molecule has 2 rings (SSSR count). The van der Waals surface area contributed by atoms with Crippen LogP contribution in [0.4, 0.5) is 0 Å². The van der Waals surface area contributed by atoms with Crippen LogP contribution in [0, 0.1) is 0 Å². The number of amides is 2. The Kier molecular flexibility index (Phi) is 5.81. The van der Waals surface area contributed by atoms with Gasteiger partial charge in [-0.05, 0) is 25.0 Å². The molecule has 1 aliphatic rings. The van der Waals surface area contributed by atoms with E-state index < -0.39 is 0 Å². The Morgan fingerprint density at radius 3 is 2.39 bits per heavy atom. The van der Waals surface area contributed by atoms with Crippen molar-refractivity contribution in [1.82, 2.24) is 10.2 Å². The van der Waals surface area contributed by atoms with E-state index in [0.29, 0.717) is 39.0 Å². The van der Waals surface area contributed by atoms with Crippen LogP contribution in [-0.4, -0.2) is 59.8 Å². The van der Waals surface area contributed by atoms with Gasteiger partial charge in [0.05, 0.1) is 6.61 Å². The summed E-state index contributed by atoms with van der Waals surface area (Å²) in [5, 5.41) is 21.9. The molecule has 0 aliphatic carbocycles. The average Bonchev–Trinajstić information content (AvgIpc) is 2.52. The fourth-order valence-corrected chi connectivity index (χ4v) is 2.62. The summed E-state index contributed by atoms with van der Waals surface area (Å²) in [6, 6.07) is 3.90. The van der Waals surface area contributed by atoms with E-state index in [0.717, 1.165) is 0 Å². The van der Waals surface area contributed by atoms with E-state index in [4.69, 9.17) is 4.74 Å². The lowest BCUT2D eigenvalue weighted by atomic mass is 10.0. The van der Waals surface area contributed by atoms with Crippen LogP contribution < -0.4 is 5.32 Å². The summed E-state index contributed by atoms with van der Waals surface area (Å²) in [4.78, 5) is 25.7. The van der Waals surface area contributed by atoms with Crippen molar-refractivity contribution in [2.75, 3.05) is 26.8 Å². The van der Waals surface area contributed by atoms with Gasteiger partial charge in [-0.25, -0.2) is 0 Å². The number of piperidine rings is 1. The number of hydrogen-bond acceptors (Lipinski definition) is 5. The monoisotopic (exact) mass is 322 g/mol. The quantitative estimate of drug-likeness (QED) is 0.746. The zero-order chi connectivity index (χ0) is 16.8. The Bertz CT molecular complexity index is 547. The molecule has 1 aromatic rings. The number of rotatable bonds is 5. The van der Waals surface area contributed by atoms with Gasteiger partial charge >= 0.3 is 0 Å². The lowest BCUT2D eigenvalue weighted by Crippen LogP contribution is -2.46. The summed E-state index contributed by atoms with van der Waals surface area (Å²) in [6.45, 7) is 1.43. The second-order valence-corrected chi connectivity index (χ2v) is 5.61. The Hall–Kier alpha value is -2.28. The molecule has 0 aromatic heterocycles. The Morgan fingerprint density at radius 1 is 1.22 bits per heavy atom. The van der Waals surface area contributed by atoms with Crippen molar-refractivity contribution in [1.29, 1.82) is 0 Å². The maximum absolute atomic E-state index is 12.4. The number of ether oxygens (including phenoxy) is 1. The molecule has 2 amide bonds. The van der Waals surface area contributed by atoms with Gasteiger partial charge in [0.1, 0.15) is 11.5 Å². The molecule has 0 spiro atoms. The van der Waals surface area contributed by atoms with Gasteiger partial charge in [0.25, 0.3) is 5.91 Å². The number of aromatic hydroxyl groups is 2. The third kappa shape index (κ3) is 4.85. The topological polar surface area (TPSA) is 99.1 Å². The zero-order valence-electron chi connectivity index (χ0n) is 13.1. The van der Waals surface area contributed by atoms with Crippen LogP contribution in [0.5, 0.6) is 11.5 Å². The highest BCUT2D eigenvalue weighted by molar-refractivity contribution is 5.95. The van der Waals surface area contributed by atoms with Crippen LogP contribution >= 0.6 is 0 Å². The molecule has 1 heterocycles. The molecule has 23 heavy (non-hydrogen) atoms. The van der Waals surface area contributed by atoms with E-state index in [1.807, 2.05) is 0 Å². The van der Waals surface area contributed by atoms with Crippen LogP contribution in [0.15, 0.2) is 18.2 Å². The summed E-state index contributed by atoms with van der Waals surface area (Å²) in [5.41, 5.74) is 0.255. The normalized spacial score (nSPS) is 15.4. The maximum atomic E-state index is 12.4. The molecular formula is C16H22N2O5. The molecule has 0 bridgehead atoms. The number of hydrogen-bond donors (Lipinski definition) is 3. The predicted octanol–water partition coefficient (Wildman–Crippen LogP) is 0.855. The average molecular weight is 322 g/mol. The maximum Gasteiger partial charge on any atom is 0.254 e. The Labute approximate surface area is 134 Å². The minimum absolute atomic E-state index is 0.0467. The van der Waals surface area contributed by atoms with Gasteiger partial charge in [0, 0.05) is 44.3 Å². The van der Waals surface area contributed by atoms with Crippen LogP contribution in [0.2, 0.25) is 0 Å². The predicted molar refractivity (Wildman–Crippen MR) is 83.3 cm³/mol. The fraction of sp³-hybridized carbons (Fsp3) is 0.500. The number of benzene rings is 1. The van der Waals surface area contributed by atoms with Crippen LogP contribution in [0.1, 0.15) is 29.6 Å². The summed E-state index contributed by atoms with van der Waals surface area (Å²) in [7, 11) is 1.55. The zero-order valence-corrected chi connectivity index (χ0v) is 13.1. The van der Waals surface area contributed by atoms with Crippen molar-refractivity contribution in [2.45, 2.75) is 25.3 Å². The van der Waals surface area contributed by atoms with Crippen molar-refractivity contribution in [3.8, 4) is 11.5 Å². The molecule has 7 nitrogen and oxygen atoms in total. The summed E-state index contributed by atoms with van der Waals surface area (Å²) < 4.78 is 4.86. The number of nitrogens with zero attached hydrogens (tertiary/aromatic N) is 1. The van der Waals surface area contributed by atoms with Crippen molar-refractivity contribution in [3.05, 3.63) is 23.8 Å². The van der Waals surface area contributed by atoms with E-state index in [9.17, 15) is 19.8 Å². The van der Waals surface area contributed by atoms with E-state index in [1.54, 1.807) is 12.0 Å². The Balaban J connectivity index is 1.86. The molecule has 1 aliphatic heterocycles. The third-order valence-electron chi connectivity index (χ3n) is 3.83. The molecule has 1 aromatic carbocycles. The van der Waals surface area contributed by atoms with Gasteiger partial charge in [0.15, 0.2) is 0 Å². The lowest BCUT2D eigenvalue weighted by Gasteiger charge is -2.32. The number of carbonyl (C=O) groups excluding carboxylic acids is 2. The molecule has 1 saturated heterocycles. The first kappa shape index (κ1) is 17.1. The van der Waals surface area contributed by atoms with Gasteiger partial charge in [-0.3, -0.25) is 9.59 Å². The molecule has 7 heteroatoms. The summed E-state index contributed by atoms with van der Waals surface area (Å²) >= 11 is 0. The molecule has 0 saturated carbocycles. The number of phenols is 2. The van der Waals surface area contributed by atoms with Gasteiger partial charge < -0.3 is 25.2 Å². The van der Waals surface area contributed by atoms with E-state index in [-0.39, 0.29) is 34.9 Å². The number of carbonyl (C=O) groups is 2. The van der Waals surface area contributed by atoms with Crippen LogP contribution in [-0.2, 0) is 9.53 Å². The molecule has 0 radical (unpaired) electrons. The van der Waals surface area contributed by atoms with Crippen molar-refractivity contribution < 1.29 is 24.5 Å². The second-order valence-electron chi connectivity index (χ2n) is 5.61. The highest BCUT2D eigenvalue weighted by atomic mass is 16.5. The Morgan fingerprint density at radius 2 is 1.83 bits per heavy atom. The standard InChI is InChI=1S/C16H22N2O5/c1-23-7-4-15(21)17-12-2-5-18(6-3-12)16(22)11-8-13(19)10-14(20)9-11/h8-10,12,19-20H,2-7H2,1H3,(H,17,21). The summed E-state index contributed by atoms with van der Waals surface area (Å²) in [6.07, 6.45) is 1.68. The third-order valence-corrected chi connectivity index (χ3v) is 3.83. The molecule has 0 unspecified atom stereocenters. The lowest BCUT2D eigenvalue weighted by molar-refractivity contribution is -0.122. The number of nitrogens with one attached hydrogen (secondary N) is 1. The molecule has 1 fully saturated rings. The van der Waals surface area contributed by atoms with Gasteiger partial charge in [-0.2, -0.15) is 0 Å². The first-order valence-electron chi connectivity index (χ1n) is 7.60. The highest BCUT2D eigenvalue weighted by Gasteiger charge is 2.25. The number of likely N-dealkylation sites (tertiary alicyclic amines) is 1. The largest absolute Gasteiger partial charge is 0.508 e. The minimum Gasteiger partial charge on any atom is -0.508 e. The summed E-state index contributed by atoms with van der Waals surface area (Å²) in [5.74, 6) is -0.572. The number of methoxy groups -OCH3 is 1. The van der Waals surface area contributed by atoms with Crippen molar-refractivity contribution in [2.24, 2.45) is 0 Å². The molecule has 126 valence electrons. The fourth-order valence-electron chi connectivity index (χ4n) is 2.62. The molecule has 3 N–H and O–H groups in total. The van der Waals surface area contributed by atoms with E-state index in [2.05, 4.69) is 5.32 Å². The first-order chi connectivity index (χ1) is 11.0. The first-order valence-corrected chi connectivity index (χ1v) is 7.60. The van der Waals surface area contributed by atoms with Gasteiger partial charge in [0.2, 0.25) is 5.91 Å². The highest BCUT2D eigenvalue weighted by Crippen LogP contribution is 2.22. The molecular weight excluding hydrogens is 300 g/mol. The van der Waals surface area contributed by atoms with Crippen molar-refractivity contribution in [3.63, 3.8) is 0 Å². The number of phenolic OH excluding ortho intramolecular Hbond substituents is 2. The molecule has 0 atom stereocenters. The SMILES string of the molecule is COCCC(=O)NC1CCN(C(=O)c2cc(O)cc(O)c2)CC1. The van der Waals surface area contributed by atoms with Gasteiger partial charge in [-0.1, -0.05) is 0 Å². The van der Waals surface area contributed by atoms with Crippen molar-refractivity contribution >= 4 is 11.8 Å². The van der Waals surface area contributed by atoms with Gasteiger partial charge in [-0.15, -0.1) is 0 Å². The smallest absolute Gasteiger partial charge is 0.254 e. The minimum atomic E-state index is -0.236. The van der Waals surface area contributed by atoms with E-state index in [1.165, 1.54) is 18.2 Å². The second kappa shape index (κ2) is 7.82. The van der Waals surface area contributed by atoms with E-state index >= 15 is 0 Å².